The highest BCUT2D eigenvalue weighted by Crippen LogP contribution is 2.46. The molecular formula is C14H20Cl2N2OS. The number of halogens is 2. The fourth-order valence-corrected chi connectivity index (χ4v) is 4.90. The standard InChI is InChI=1S/C14H20Cl2N2OS/c15-11-6-9(13(16)20-11)10(17)7-14(8-12(18)19)4-2-1-3-5-14/h6,10H,1-5,7-8,17H2,(H2,18,19). The second kappa shape index (κ2) is 6.65. The highest BCUT2D eigenvalue weighted by Gasteiger charge is 2.36. The summed E-state index contributed by atoms with van der Waals surface area (Å²) in [5.41, 5.74) is 12.6. The van der Waals surface area contributed by atoms with Gasteiger partial charge in [-0.1, -0.05) is 42.5 Å². The number of thiophene rings is 1. The summed E-state index contributed by atoms with van der Waals surface area (Å²) in [6.45, 7) is 0. The molecule has 0 aromatic carbocycles. The van der Waals surface area contributed by atoms with Gasteiger partial charge in [0.25, 0.3) is 0 Å². The van der Waals surface area contributed by atoms with E-state index in [1.165, 1.54) is 17.8 Å². The Morgan fingerprint density at radius 3 is 2.50 bits per heavy atom. The minimum absolute atomic E-state index is 0.0682. The van der Waals surface area contributed by atoms with Gasteiger partial charge in [0, 0.05) is 12.5 Å². The number of amides is 1. The van der Waals surface area contributed by atoms with Crippen molar-refractivity contribution in [3.05, 3.63) is 20.3 Å². The average Bonchev–Trinajstić information content (AvgIpc) is 2.68. The molecule has 1 aromatic rings. The van der Waals surface area contributed by atoms with Crippen molar-refractivity contribution in [3.8, 4) is 0 Å². The molecule has 1 heterocycles. The van der Waals surface area contributed by atoms with Crippen LogP contribution in [0.4, 0.5) is 0 Å². The quantitative estimate of drug-likeness (QED) is 0.843. The lowest BCUT2D eigenvalue weighted by Gasteiger charge is -2.38. The summed E-state index contributed by atoms with van der Waals surface area (Å²) >= 11 is 13.5. The first-order chi connectivity index (χ1) is 9.42. The first-order valence-electron chi connectivity index (χ1n) is 6.90. The maximum atomic E-state index is 11.4. The van der Waals surface area contributed by atoms with Gasteiger partial charge in [0.15, 0.2) is 0 Å². The number of rotatable bonds is 5. The molecule has 1 aliphatic rings. The molecule has 1 unspecified atom stereocenters. The van der Waals surface area contributed by atoms with Crippen molar-refractivity contribution in [2.24, 2.45) is 16.9 Å². The van der Waals surface area contributed by atoms with Gasteiger partial charge in [-0.3, -0.25) is 4.79 Å². The van der Waals surface area contributed by atoms with Crippen LogP contribution in [0.5, 0.6) is 0 Å². The Morgan fingerprint density at radius 2 is 2.00 bits per heavy atom. The van der Waals surface area contributed by atoms with E-state index >= 15 is 0 Å². The van der Waals surface area contributed by atoms with Crippen LogP contribution in [0.3, 0.4) is 0 Å². The van der Waals surface area contributed by atoms with Gasteiger partial charge in [-0.2, -0.15) is 0 Å². The first-order valence-corrected chi connectivity index (χ1v) is 8.48. The van der Waals surface area contributed by atoms with Crippen LogP contribution in [0.1, 0.15) is 56.6 Å². The largest absolute Gasteiger partial charge is 0.370 e. The van der Waals surface area contributed by atoms with Gasteiger partial charge >= 0.3 is 0 Å². The lowest BCUT2D eigenvalue weighted by Crippen LogP contribution is -2.33. The SMILES string of the molecule is NC(=O)CC1(CC(N)c2cc(Cl)sc2Cl)CCCCC1. The molecule has 20 heavy (non-hydrogen) atoms. The minimum Gasteiger partial charge on any atom is -0.370 e. The van der Waals surface area contributed by atoms with Crippen molar-refractivity contribution >= 4 is 40.4 Å². The van der Waals surface area contributed by atoms with Gasteiger partial charge < -0.3 is 11.5 Å². The van der Waals surface area contributed by atoms with Crippen LogP contribution in [-0.2, 0) is 4.79 Å². The van der Waals surface area contributed by atoms with Crippen molar-refractivity contribution < 1.29 is 4.79 Å². The average molecular weight is 335 g/mol. The number of hydrogen-bond acceptors (Lipinski definition) is 3. The smallest absolute Gasteiger partial charge is 0.217 e. The normalized spacial score (nSPS) is 19.8. The number of carbonyl (C=O) groups excluding carboxylic acids is 1. The van der Waals surface area contributed by atoms with E-state index in [0.29, 0.717) is 15.1 Å². The summed E-state index contributed by atoms with van der Waals surface area (Å²) in [5.74, 6) is -0.242. The molecule has 1 aliphatic carbocycles. The Kier molecular flexibility index (Phi) is 5.35. The van der Waals surface area contributed by atoms with Gasteiger partial charge in [0.05, 0.1) is 8.67 Å². The monoisotopic (exact) mass is 334 g/mol. The van der Waals surface area contributed by atoms with Crippen LogP contribution in [0.2, 0.25) is 8.67 Å². The summed E-state index contributed by atoms with van der Waals surface area (Å²) in [5, 5.41) is 0. The fourth-order valence-electron chi connectivity index (χ4n) is 3.31. The Bertz CT molecular complexity index is 484. The predicted molar refractivity (Wildman–Crippen MR) is 85.2 cm³/mol. The molecule has 1 amide bonds. The molecule has 0 bridgehead atoms. The molecule has 0 saturated heterocycles. The zero-order valence-corrected chi connectivity index (χ0v) is 13.7. The molecule has 0 aliphatic heterocycles. The number of primary amides is 1. The molecule has 1 atom stereocenters. The fraction of sp³-hybridized carbons (Fsp3) is 0.643. The van der Waals surface area contributed by atoms with E-state index < -0.39 is 0 Å². The zero-order valence-electron chi connectivity index (χ0n) is 11.3. The van der Waals surface area contributed by atoms with Crippen LogP contribution in [-0.4, -0.2) is 5.91 Å². The topological polar surface area (TPSA) is 69.1 Å². The van der Waals surface area contributed by atoms with Gasteiger partial charge in [0.2, 0.25) is 5.91 Å². The molecule has 1 fully saturated rings. The van der Waals surface area contributed by atoms with Crippen LogP contribution in [0.15, 0.2) is 6.07 Å². The summed E-state index contributed by atoms with van der Waals surface area (Å²) in [6, 6.07) is 1.64. The van der Waals surface area contributed by atoms with Gasteiger partial charge in [-0.25, -0.2) is 0 Å². The highest BCUT2D eigenvalue weighted by molar-refractivity contribution is 7.20. The van der Waals surface area contributed by atoms with Crippen molar-refractivity contribution in [2.75, 3.05) is 0 Å². The Labute approximate surface area is 133 Å². The molecule has 0 radical (unpaired) electrons. The van der Waals surface area contributed by atoms with Crippen molar-refractivity contribution in [1.29, 1.82) is 0 Å². The lowest BCUT2D eigenvalue weighted by atomic mass is 9.67. The first kappa shape index (κ1) is 16.1. The van der Waals surface area contributed by atoms with E-state index in [4.69, 9.17) is 34.7 Å². The molecule has 1 saturated carbocycles. The van der Waals surface area contributed by atoms with Crippen LogP contribution in [0, 0.1) is 5.41 Å². The Hall–Kier alpha value is -0.290. The van der Waals surface area contributed by atoms with E-state index in [1.54, 1.807) is 0 Å². The van der Waals surface area contributed by atoms with E-state index in [9.17, 15) is 4.79 Å². The molecule has 0 spiro atoms. The molecular weight excluding hydrogens is 315 g/mol. The van der Waals surface area contributed by atoms with E-state index in [1.807, 2.05) is 6.07 Å². The second-order valence-corrected chi connectivity index (χ2v) is 8.08. The zero-order chi connectivity index (χ0) is 14.8. The van der Waals surface area contributed by atoms with Crippen molar-refractivity contribution in [1.82, 2.24) is 0 Å². The van der Waals surface area contributed by atoms with Crippen molar-refractivity contribution in [3.63, 3.8) is 0 Å². The second-order valence-electron chi connectivity index (χ2n) is 5.79. The summed E-state index contributed by atoms with van der Waals surface area (Å²) in [4.78, 5) is 11.4. The highest BCUT2D eigenvalue weighted by atomic mass is 35.5. The maximum absolute atomic E-state index is 11.4. The van der Waals surface area contributed by atoms with Crippen LogP contribution in [0.25, 0.3) is 0 Å². The summed E-state index contributed by atoms with van der Waals surface area (Å²) in [7, 11) is 0. The molecule has 3 nitrogen and oxygen atoms in total. The number of hydrogen-bond donors (Lipinski definition) is 2. The third kappa shape index (κ3) is 3.88. The molecule has 1 aromatic heterocycles. The molecule has 112 valence electrons. The third-order valence-electron chi connectivity index (χ3n) is 4.20. The number of carbonyl (C=O) groups is 1. The van der Waals surface area contributed by atoms with Crippen LogP contribution >= 0.6 is 34.5 Å². The summed E-state index contributed by atoms with van der Waals surface area (Å²) < 4.78 is 1.29. The van der Waals surface area contributed by atoms with Crippen LogP contribution < -0.4 is 11.5 Å². The van der Waals surface area contributed by atoms with E-state index in [-0.39, 0.29) is 17.4 Å². The van der Waals surface area contributed by atoms with E-state index in [2.05, 4.69) is 0 Å². The molecule has 2 rings (SSSR count). The number of nitrogens with two attached hydrogens (primary N) is 2. The lowest BCUT2D eigenvalue weighted by molar-refractivity contribution is -0.121. The van der Waals surface area contributed by atoms with Crippen molar-refractivity contribution in [2.45, 2.75) is 51.0 Å². The summed E-state index contributed by atoms with van der Waals surface area (Å²) in [6.07, 6.45) is 6.67. The van der Waals surface area contributed by atoms with Gasteiger partial charge in [0.1, 0.15) is 0 Å². The predicted octanol–water partition coefficient (Wildman–Crippen LogP) is 4.27. The third-order valence-corrected chi connectivity index (χ3v) is 5.72. The van der Waals surface area contributed by atoms with Gasteiger partial charge in [-0.05, 0) is 36.3 Å². The minimum atomic E-state index is -0.242. The van der Waals surface area contributed by atoms with E-state index in [0.717, 1.165) is 37.7 Å². The Morgan fingerprint density at radius 1 is 1.35 bits per heavy atom. The molecule has 6 heteroatoms. The molecule has 4 N–H and O–H groups in total. The Balaban J connectivity index is 2.14. The van der Waals surface area contributed by atoms with Gasteiger partial charge in [-0.15, -0.1) is 11.3 Å². The maximum Gasteiger partial charge on any atom is 0.217 e.